The number of nitrogens with zero attached hydrogens (tertiary/aromatic N) is 1. The van der Waals surface area contributed by atoms with Crippen LogP contribution in [-0.4, -0.2) is 42.0 Å². The number of methoxy groups -OCH3 is 1. The zero-order valence-corrected chi connectivity index (χ0v) is 19.1. The summed E-state index contributed by atoms with van der Waals surface area (Å²) in [5.41, 5.74) is 1.83. The van der Waals surface area contributed by atoms with E-state index < -0.39 is 10.9 Å². The van der Waals surface area contributed by atoms with Gasteiger partial charge in [0.1, 0.15) is 18.1 Å². The van der Waals surface area contributed by atoms with Gasteiger partial charge in [0.2, 0.25) is 10.7 Å². The van der Waals surface area contributed by atoms with Gasteiger partial charge < -0.3 is 14.2 Å². The van der Waals surface area contributed by atoms with Crippen LogP contribution in [-0.2, 0) is 19.0 Å². The van der Waals surface area contributed by atoms with Crippen LogP contribution in [0, 0.1) is 23.2 Å². The van der Waals surface area contributed by atoms with Crippen LogP contribution >= 0.6 is 12.6 Å². The molecular weight excluding hydrogens is 414 g/mol. The molecule has 0 aromatic carbocycles. The van der Waals surface area contributed by atoms with E-state index in [9.17, 15) is 9.59 Å². The number of esters is 1. The molecule has 1 aliphatic carbocycles. The van der Waals surface area contributed by atoms with Crippen molar-refractivity contribution in [3.63, 3.8) is 0 Å². The number of hydrogen-bond acceptors (Lipinski definition) is 7. The van der Waals surface area contributed by atoms with Crippen LogP contribution in [0.15, 0.2) is 41.8 Å². The molecule has 2 heterocycles. The van der Waals surface area contributed by atoms with E-state index in [0.29, 0.717) is 36.5 Å². The Morgan fingerprint density at radius 1 is 1.35 bits per heavy atom. The van der Waals surface area contributed by atoms with Gasteiger partial charge in [0, 0.05) is 25.6 Å². The van der Waals surface area contributed by atoms with Crippen LogP contribution in [0.4, 0.5) is 0 Å². The fourth-order valence-corrected chi connectivity index (χ4v) is 4.35. The third-order valence-electron chi connectivity index (χ3n) is 5.35. The van der Waals surface area contributed by atoms with Gasteiger partial charge in [-0.3, -0.25) is 4.79 Å². The predicted octanol–water partition coefficient (Wildman–Crippen LogP) is 3.73. The molecular formula is C24H27NO5S. The zero-order chi connectivity index (χ0) is 22.6. The lowest BCUT2D eigenvalue weighted by Gasteiger charge is -2.44. The number of carbonyl (C=O) groups is 2. The molecule has 1 aromatic heterocycles. The van der Waals surface area contributed by atoms with Gasteiger partial charge in [0.15, 0.2) is 0 Å². The van der Waals surface area contributed by atoms with E-state index in [-0.39, 0.29) is 23.7 Å². The van der Waals surface area contributed by atoms with E-state index in [0.717, 1.165) is 5.57 Å². The molecule has 0 fully saturated rings. The highest BCUT2D eigenvalue weighted by Crippen LogP contribution is 2.50. The maximum Gasteiger partial charge on any atom is 0.339 e. The highest BCUT2D eigenvalue weighted by Gasteiger charge is 2.48. The van der Waals surface area contributed by atoms with Gasteiger partial charge in [0.05, 0.1) is 12.2 Å². The second-order valence-corrected chi connectivity index (χ2v) is 8.96. The topological polar surface area (TPSA) is 74.7 Å². The first-order valence-corrected chi connectivity index (χ1v) is 10.6. The molecule has 0 bridgehead atoms. The van der Waals surface area contributed by atoms with Crippen LogP contribution in [0.1, 0.15) is 49.7 Å². The third-order valence-corrected chi connectivity index (χ3v) is 5.85. The lowest BCUT2D eigenvalue weighted by Crippen LogP contribution is -2.46. The molecule has 3 rings (SSSR count). The van der Waals surface area contributed by atoms with Gasteiger partial charge in [-0.05, 0) is 48.5 Å². The summed E-state index contributed by atoms with van der Waals surface area (Å²) < 4.78 is 16.0. The van der Waals surface area contributed by atoms with E-state index >= 15 is 0 Å². The van der Waals surface area contributed by atoms with Crippen molar-refractivity contribution in [2.24, 2.45) is 11.3 Å². The van der Waals surface area contributed by atoms with Crippen molar-refractivity contribution >= 4 is 24.4 Å². The van der Waals surface area contributed by atoms with E-state index in [1.807, 2.05) is 12.2 Å². The molecule has 0 N–H and O–H groups in total. The van der Waals surface area contributed by atoms with Crippen molar-refractivity contribution in [3.05, 3.63) is 53.1 Å². The summed E-state index contributed by atoms with van der Waals surface area (Å²) in [6.07, 6.45) is 6.47. The van der Waals surface area contributed by atoms with Crippen molar-refractivity contribution < 1.29 is 23.8 Å². The fraction of sp³-hybridized carbons (Fsp3) is 0.458. The monoisotopic (exact) mass is 441 g/mol. The van der Waals surface area contributed by atoms with Crippen molar-refractivity contribution in [1.29, 1.82) is 0 Å². The van der Waals surface area contributed by atoms with Crippen LogP contribution in [0.2, 0.25) is 0 Å². The largest absolute Gasteiger partial charge is 0.469 e. The zero-order valence-electron chi connectivity index (χ0n) is 18.2. The number of aromatic nitrogens is 1. The minimum atomic E-state index is -1.20. The normalized spacial score (nSPS) is 23.8. The Morgan fingerprint density at radius 2 is 2.13 bits per heavy atom. The van der Waals surface area contributed by atoms with E-state index in [1.165, 1.54) is 13.3 Å². The maximum atomic E-state index is 12.5. The number of thiol groups is 1. The molecule has 0 saturated heterocycles. The molecule has 2 unspecified atom stereocenters. The Labute approximate surface area is 188 Å². The van der Waals surface area contributed by atoms with Crippen molar-refractivity contribution in [2.75, 3.05) is 20.3 Å². The SMILES string of the molecule is CCOC(=O)c1ccc(C#CC2C=CC3=C(C2)C(C)(C)CC(S)(C(=O)COC)O3)nc1. The molecule has 1 aliphatic heterocycles. The lowest BCUT2D eigenvalue weighted by atomic mass is 9.71. The molecule has 31 heavy (non-hydrogen) atoms. The summed E-state index contributed by atoms with van der Waals surface area (Å²) in [4.78, 5) is 27.2. The number of Topliss-reactive ketones (excluding diaryl/α,β-unsaturated/α-hetero) is 1. The average Bonchev–Trinajstić information content (AvgIpc) is 2.72. The van der Waals surface area contributed by atoms with Gasteiger partial charge in [-0.25, -0.2) is 9.78 Å². The molecule has 7 heteroatoms. The maximum absolute atomic E-state index is 12.5. The smallest absolute Gasteiger partial charge is 0.339 e. The standard InChI is InChI=1S/C24H27NO5S/c1-5-29-22(27)17-8-10-18(25-13-17)9-6-16-7-11-20-19(12-16)23(2,3)15-24(31,30-20)21(26)14-28-4/h7-8,10-11,13,16,31H,5,12,14-15H2,1-4H3. The highest BCUT2D eigenvalue weighted by molar-refractivity contribution is 7.82. The van der Waals surface area contributed by atoms with Crippen LogP contribution in [0.5, 0.6) is 0 Å². The highest BCUT2D eigenvalue weighted by atomic mass is 32.1. The molecule has 0 amide bonds. The Hall–Kier alpha value is -2.56. The van der Waals surface area contributed by atoms with E-state index in [1.54, 1.807) is 19.1 Å². The Morgan fingerprint density at radius 3 is 2.77 bits per heavy atom. The van der Waals surface area contributed by atoms with Crippen LogP contribution in [0.25, 0.3) is 0 Å². The third kappa shape index (κ3) is 5.20. The van der Waals surface area contributed by atoms with Gasteiger partial charge in [-0.1, -0.05) is 25.8 Å². The minimum absolute atomic E-state index is 0.00440. The van der Waals surface area contributed by atoms with Crippen LogP contribution < -0.4 is 0 Å². The Bertz CT molecular complexity index is 983. The molecule has 0 saturated carbocycles. The summed E-state index contributed by atoms with van der Waals surface area (Å²) in [5.74, 6) is 6.40. The summed E-state index contributed by atoms with van der Waals surface area (Å²) in [7, 11) is 1.48. The Balaban J connectivity index is 1.73. The van der Waals surface area contributed by atoms with E-state index in [4.69, 9.17) is 14.2 Å². The molecule has 1 aromatic rings. The van der Waals surface area contributed by atoms with E-state index in [2.05, 4.69) is 43.3 Å². The summed E-state index contributed by atoms with van der Waals surface area (Å²) in [6.45, 7) is 6.23. The molecule has 6 nitrogen and oxygen atoms in total. The first-order chi connectivity index (χ1) is 14.7. The minimum Gasteiger partial charge on any atom is -0.469 e. The Kier molecular flexibility index (Phi) is 6.93. The predicted molar refractivity (Wildman–Crippen MR) is 119 cm³/mol. The number of allylic oxidation sites excluding steroid dienone is 3. The number of ketones is 1. The summed E-state index contributed by atoms with van der Waals surface area (Å²) >= 11 is 4.57. The first-order valence-electron chi connectivity index (χ1n) is 10.2. The second kappa shape index (κ2) is 9.29. The molecule has 0 radical (unpaired) electrons. The van der Waals surface area contributed by atoms with Crippen molar-refractivity contribution in [3.8, 4) is 11.8 Å². The molecule has 164 valence electrons. The number of rotatable bonds is 5. The second-order valence-electron chi connectivity index (χ2n) is 8.24. The van der Waals surface area contributed by atoms with Gasteiger partial charge in [0.25, 0.3) is 0 Å². The quantitative estimate of drug-likeness (QED) is 0.426. The van der Waals surface area contributed by atoms with Gasteiger partial charge in [-0.15, -0.1) is 12.6 Å². The number of carbonyl (C=O) groups excluding carboxylic acids is 2. The lowest BCUT2D eigenvalue weighted by molar-refractivity contribution is -0.137. The molecule has 0 spiro atoms. The summed E-state index contributed by atoms with van der Waals surface area (Å²) in [5, 5.41) is 0. The fourth-order valence-electron chi connectivity index (χ4n) is 3.79. The molecule has 2 atom stereocenters. The number of pyridine rings is 1. The summed E-state index contributed by atoms with van der Waals surface area (Å²) in [6, 6.07) is 3.37. The van der Waals surface area contributed by atoms with Crippen LogP contribution in [0.3, 0.4) is 0 Å². The number of ether oxygens (including phenoxy) is 3. The van der Waals surface area contributed by atoms with Gasteiger partial charge >= 0.3 is 5.97 Å². The van der Waals surface area contributed by atoms with Crippen molar-refractivity contribution in [1.82, 2.24) is 4.98 Å². The van der Waals surface area contributed by atoms with Crippen molar-refractivity contribution in [2.45, 2.75) is 38.5 Å². The first kappa shape index (κ1) is 23.1. The molecule has 2 aliphatic rings. The average molecular weight is 442 g/mol. The van der Waals surface area contributed by atoms with Gasteiger partial charge in [-0.2, -0.15) is 0 Å². The number of hydrogen-bond donors (Lipinski definition) is 1.